The smallest absolute Gasteiger partial charge is 0.254 e. The van der Waals surface area contributed by atoms with Crippen LogP contribution in [0.2, 0.25) is 0 Å². The maximum absolute atomic E-state index is 13.3. The van der Waals surface area contributed by atoms with Gasteiger partial charge in [-0.1, -0.05) is 0 Å². The van der Waals surface area contributed by atoms with E-state index >= 15 is 0 Å². The molecule has 1 unspecified atom stereocenters. The van der Waals surface area contributed by atoms with E-state index in [-0.39, 0.29) is 12.0 Å². The number of fused-ring (bicyclic) bond motifs is 1. The van der Waals surface area contributed by atoms with Gasteiger partial charge in [-0.2, -0.15) is 11.3 Å². The molecule has 1 atom stereocenters. The Kier molecular flexibility index (Phi) is 5.18. The molecule has 3 aromatic rings. The summed E-state index contributed by atoms with van der Waals surface area (Å²) in [6, 6.07) is 7.66. The van der Waals surface area contributed by atoms with Gasteiger partial charge >= 0.3 is 0 Å². The molecule has 0 N–H and O–H groups in total. The molecular formula is C21H23N3O2S. The van der Waals surface area contributed by atoms with E-state index < -0.39 is 0 Å². The number of amides is 1. The number of carbonyl (C=O) groups excluding carboxylic acids is 1. The maximum Gasteiger partial charge on any atom is 0.254 e. The summed E-state index contributed by atoms with van der Waals surface area (Å²) in [6.45, 7) is 5.89. The molecule has 3 heterocycles. The molecule has 5 nitrogen and oxygen atoms in total. The highest BCUT2D eigenvalue weighted by atomic mass is 32.1. The molecule has 1 amide bonds. The van der Waals surface area contributed by atoms with Gasteiger partial charge in [-0.05, 0) is 67.3 Å². The Bertz CT molecular complexity index is 949. The van der Waals surface area contributed by atoms with Gasteiger partial charge in [0.1, 0.15) is 0 Å². The minimum atomic E-state index is 0.0126. The molecule has 2 aromatic heterocycles. The normalized spacial score (nSPS) is 16.7. The molecule has 1 fully saturated rings. The molecule has 140 valence electrons. The summed E-state index contributed by atoms with van der Waals surface area (Å²) in [5, 5.41) is 4.13. The standard InChI is InChI=1S/C21H23N3O2S/c1-14-15(2)23-20-10-17(5-6-19(20)22-14)21(25)24(11-16-7-9-27-13-16)12-18-4-3-8-26-18/h5-7,9-10,13,18H,3-4,8,11-12H2,1-2H3. The SMILES string of the molecule is Cc1nc2ccc(C(=O)N(Cc3ccsc3)CC3CCCO3)cc2nc1C. The fourth-order valence-corrected chi connectivity index (χ4v) is 4.06. The first-order valence-corrected chi connectivity index (χ1v) is 10.2. The van der Waals surface area contributed by atoms with E-state index in [0.717, 1.165) is 47.4 Å². The second kappa shape index (κ2) is 7.74. The zero-order chi connectivity index (χ0) is 18.8. The summed E-state index contributed by atoms with van der Waals surface area (Å²) < 4.78 is 5.77. The van der Waals surface area contributed by atoms with E-state index in [1.54, 1.807) is 11.3 Å². The van der Waals surface area contributed by atoms with Crippen LogP contribution < -0.4 is 0 Å². The van der Waals surface area contributed by atoms with Gasteiger partial charge in [0.05, 0.1) is 28.5 Å². The van der Waals surface area contributed by atoms with Crippen LogP contribution in [0.1, 0.15) is 40.2 Å². The Morgan fingerprint density at radius 3 is 2.74 bits per heavy atom. The largest absolute Gasteiger partial charge is 0.376 e. The van der Waals surface area contributed by atoms with E-state index in [9.17, 15) is 4.79 Å². The first-order valence-electron chi connectivity index (χ1n) is 9.27. The Hall–Kier alpha value is -2.31. The highest BCUT2D eigenvalue weighted by Crippen LogP contribution is 2.20. The number of hydrogen-bond donors (Lipinski definition) is 0. The van der Waals surface area contributed by atoms with Gasteiger partial charge in [-0.25, -0.2) is 9.97 Å². The van der Waals surface area contributed by atoms with Crippen LogP contribution in [0, 0.1) is 13.8 Å². The monoisotopic (exact) mass is 381 g/mol. The Labute approximate surface area is 163 Å². The Morgan fingerprint density at radius 2 is 2.04 bits per heavy atom. The molecule has 6 heteroatoms. The van der Waals surface area contributed by atoms with Crippen molar-refractivity contribution in [1.29, 1.82) is 0 Å². The van der Waals surface area contributed by atoms with Crippen molar-refractivity contribution in [3.63, 3.8) is 0 Å². The van der Waals surface area contributed by atoms with Gasteiger partial charge in [-0.3, -0.25) is 4.79 Å². The molecule has 1 aliphatic heterocycles. The molecule has 1 aliphatic rings. The number of aryl methyl sites for hydroxylation is 2. The Balaban J connectivity index is 1.62. The number of benzene rings is 1. The zero-order valence-electron chi connectivity index (χ0n) is 15.6. The summed E-state index contributed by atoms with van der Waals surface area (Å²) in [5.74, 6) is 0.0126. The first-order chi connectivity index (χ1) is 13.1. The first kappa shape index (κ1) is 18.1. The molecule has 0 aliphatic carbocycles. The molecule has 4 rings (SSSR count). The van der Waals surface area contributed by atoms with Crippen molar-refractivity contribution in [2.75, 3.05) is 13.2 Å². The van der Waals surface area contributed by atoms with Gasteiger partial charge in [0.2, 0.25) is 0 Å². The van der Waals surface area contributed by atoms with Crippen molar-refractivity contribution in [2.45, 2.75) is 39.3 Å². The molecule has 1 aromatic carbocycles. The molecular weight excluding hydrogens is 358 g/mol. The lowest BCUT2D eigenvalue weighted by Crippen LogP contribution is -2.36. The van der Waals surface area contributed by atoms with Crippen molar-refractivity contribution >= 4 is 28.3 Å². The van der Waals surface area contributed by atoms with Crippen LogP contribution in [-0.2, 0) is 11.3 Å². The van der Waals surface area contributed by atoms with Gasteiger partial charge in [-0.15, -0.1) is 0 Å². The number of ether oxygens (including phenoxy) is 1. The topological polar surface area (TPSA) is 55.3 Å². The number of carbonyl (C=O) groups is 1. The van der Waals surface area contributed by atoms with Gasteiger partial charge in [0.15, 0.2) is 0 Å². The number of hydrogen-bond acceptors (Lipinski definition) is 5. The molecule has 1 saturated heterocycles. The summed E-state index contributed by atoms with van der Waals surface area (Å²) in [4.78, 5) is 24.3. The quantitative estimate of drug-likeness (QED) is 0.667. The van der Waals surface area contributed by atoms with Crippen molar-refractivity contribution in [3.05, 3.63) is 57.5 Å². The summed E-state index contributed by atoms with van der Waals surface area (Å²) in [6.07, 6.45) is 2.20. The lowest BCUT2D eigenvalue weighted by atomic mass is 10.1. The van der Waals surface area contributed by atoms with Gasteiger partial charge < -0.3 is 9.64 Å². The van der Waals surface area contributed by atoms with Crippen LogP contribution >= 0.6 is 11.3 Å². The summed E-state index contributed by atoms with van der Waals surface area (Å²) in [7, 11) is 0. The zero-order valence-corrected chi connectivity index (χ0v) is 16.5. The fourth-order valence-electron chi connectivity index (χ4n) is 3.40. The van der Waals surface area contributed by atoms with Crippen molar-refractivity contribution in [2.24, 2.45) is 0 Å². The van der Waals surface area contributed by atoms with E-state index in [2.05, 4.69) is 21.4 Å². The predicted octanol–water partition coefficient (Wildman–Crippen LogP) is 4.13. The fraction of sp³-hybridized carbons (Fsp3) is 0.381. The van der Waals surface area contributed by atoms with Gasteiger partial charge in [0, 0.05) is 25.3 Å². The maximum atomic E-state index is 13.3. The van der Waals surface area contributed by atoms with Crippen LogP contribution in [0.5, 0.6) is 0 Å². The number of thiophene rings is 1. The predicted molar refractivity (Wildman–Crippen MR) is 107 cm³/mol. The van der Waals surface area contributed by atoms with E-state index in [1.165, 1.54) is 0 Å². The number of aromatic nitrogens is 2. The second-order valence-corrected chi connectivity index (χ2v) is 7.83. The number of nitrogens with zero attached hydrogens (tertiary/aromatic N) is 3. The summed E-state index contributed by atoms with van der Waals surface area (Å²) >= 11 is 1.65. The van der Waals surface area contributed by atoms with Crippen LogP contribution in [0.15, 0.2) is 35.0 Å². The minimum absolute atomic E-state index is 0.0126. The van der Waals surface area contributed by atoms with Crippen LogP contribution in [-0.4, -0.2) is 40.0 Å². The lowest BCUT2D eigenvalue weighted by molar-refractivity contribution is 0.0507. The third-order valence-electron chi connectivity index (χ3n) is 5.01. The minimum Gasteiger partial charge on any atom is -0.376 e. The van der Waals surface area contributed by atoms with Crippen LogP contribution in [0.3, 0.4) is 0 Å². The van der Waals surface area contributed by atoms with E-state index in [4.69, 9.17) is 4.74 Å². The van der Waals surface area contributed by atoms with Crippen molar-refractivity contribution < 1.29 is 9.53 Å². The third kappa shape index (κ3) is 4.01. The molecule has 0 bridgehead atoms. The highest BCUT2D eigenvalue weighted by Gasteiger charge is 2.24. The Morgan fingerprint density at radius 1 is 1.22 bits per heavy atom. The molecule has 0 radical (unpaired) electrons. The molecule has 0 spiro atoms. The second-order valence-electron chi connectivity index (χ2n) is 7.05. The summed E-state index contributed by atoms with van der Waals surface area (Å²) in [5.41, 5.74) is 5.18. The number of rotatable bonds is 5. The van der Waals surface area contributed by atoms with Crippen LogP contribution in [0.25, 0.3) is 11.0 Å². The van der Waals surface area contributed by atoms with Crippen LogP contribution in [0.4, 0.5) is 0 Å². The van der Waals surface area contributed by atoms with E-state index in [1.807, 2.05) is 42.3 Å². The van der Waals surface area contributed by atoms with Crippen molar-refractivity contribution in [3.8, 4) is 0 Å². The average molecular weight is 382 g/mol. The van der Waals surface area contributed by atoms with Crippen molar-refractivity contribution in [1.82, 2.24) is 14.9 Å². The van der Waals surface area contributed by atoms with Gasteiger partial charge in [0.25, 0.3) is 5.91 Å². The average Bonchev–Trinajstić information content (AvgIpc) is 3.35. The lowest BCUT2D eigenvalue weighted by Gasteiger charge is -2.25. The molecule has 27 heavy (non-hydrogen) atoms. The third-order valence-corrected chi connectivity index (χ3v) is 5.74. The molecule has 0 saturated carbocycles. The van der Waals surface area contributed by atoms with E-state index in [0.29, 0.717) is 18.7 Å². The highest BCUT2D eigenvalue weighted by molar-refractivity contribution is 7.07.